The molecule has 2 fully saturated rings. The van der Waals surface area contributed by atoms with Gasteiger partial charge in [0.15, 0.2) is 0 Å². The monoisotopic (exact) mass is 658 g/mol. The molecule has 47 heavy (non-hydrogen) atoms. The summed E-state index contributed by atoms with van der Waals surface area (Å²) in [6, 6.07) is 0. The van der Waals surface area contributed by atoms with E-state index in [4.69, 9.17) is 14.2 Å². The maximum atomic E-state index is 13.0. The Morgan fingerprint density at radius 1 is 1.02 bits per heavy atom. The Bertz CT molecular complexity index is 1120. The number of fused-ring (bicyclic) bond motifs is 1. The molecule has 0 saturated heterocycles. The van der Waals surface area contributed by atoms with Crippen LogP contribution >= 0.6 is 0 Å². The van der Waals surface area contributed by atoms with Crippen LogP contribution < -0.4 is 0 Å². The highest BCUT2D eigenvalue weighted by Gasteiger charge is 2.55. The summed E-state index contributed by atoms with van der Waals surface area (Å²) in [6.07, 6.45) is 14.9. The first kappa shape index (κ1) is 39.3. The van der Waals surface area contributed by atoms with Crippen LogP contribution in [-0.2, 0) is 28.6 Å². The van der Waals surface area contributed by atoms with Crippen LogP contribution in [0.5, 0.6) is 0 Å². The molecule has 0 radical (unpaired) electrons. The van der Waals surface area contributed by atoms with Crippen LogP contribution in [-0.4, -0.2) is 47.9 Å². The molecule has 0 aromatic heterocycles. The number of carbonyl (C=O) groups excluding carboxylic acids is 3. The van der Waals surface area contributed by atoms with Crippen LogP contribution in [0.1, 0.15) is 146 Å². The van der Waals surface area contributed by atoms with Crippen molar-refractivity contribution in [2.45, 2.75) is 157 Å². The quantitative estimate of drug-likeness (QED) is 0.0812. The lowest BCUT2D eigenvalue weighted by atomic mass is 9.47. The number of esters is 3. The molecule has 1 N–H and O–H groups in total. The van der Waals surface area contributed by atoms with Gasteiger partial charge in [-0.15, -0.1) is 0 Å². The molecule has 0 amide bonds. The molecule has 2 saturated carbocycles. The minimum Gasteiger partial charge on any atom is -0.466 e. The molecule has 3 aliphatic rings. The van der Waals surface area contributed by atoms with Gasteiger partial charge in [-0.1, -0.05) is 51.0 Å². The van der Waals surface area contributed by atoms with Crippen molar-refractivity contribution in [3.05, 3.63) is 23.3 Å². The second-order valence-electron chi connectivity index (χ2n) is 16.9. The number of hydrogen-bond donors (Lipinski definition) is 1. The molecule has 3 aliphatic carbocycles. The number of ether oxygens (including phenoxy) is 3. The number of hydrogen-bond acceptors (Lipinski definition) is 7. The Kier molecular flexibility index (Phi) is 14.2. The first-order valence-electron chi connectivity index (χ1n) is 18.4. The van der Waals surface area contributed by atoms with Gasteiger partial charge in [-0.3, -0.25) is 14.4 Å². The van der Waals surface area contributed by atoms with Crippen LogP contribution in [0.3, 0.4) is 0 Å². The topological polar surface area (TPSA) is 99.1 Å². The van der Waals surface area contributed by atoms with Crippen molar-refractivity contribution in [3.63, 3.8) is 0 Å². The maximum Gasteiger partial charge on any atom is 0.317 e. The number of carbonyl (C=O) groups is 3. The van der Waals surface area contributed by atoms with E-state index in [1.54, 1.807) is 0 Å². The summed E-state index contributed by atoms with van der Waals surface area (Å²) in [4.78, 5) is 36.9. The van der Waals surface area contributed by atoms with E-state index in [0.29, 0.717) is 31.0 Å². The zero-order valence-electron chi connectivity index (χ0n) is 31.1. The van der Waals surface area contributed by atoms with Crippen LogP contribution in [0.25, 0.3) is 0 Å². The Morgan fingerprint density at radius 3 is 2.34 bits per heavy atom. The van der Waals surface area contributed by atoms with Gasteiger partial charge in [0.25, 0.3) is 0 Å². The van der Waals surface area contributed by atoms with Crippen molar-refractivity contribution in [2.75, 3.05) is 13.2 Å². The molecular formula is C40H66O7. The number of allylic oxidation sites excluding steroid dienone is 4. The molecule has 7 nitrogen and oxygen atoms in total. The smallest absolute Gasteiger partial charge is 0.317 e. The average Bonchev–Trinajstić information content (AvgIpc) is 2.94. The third-order valence-electron chi connectivity index (χ3n) is 12.0. The molecule has 268 valence electrons. The molecule has 0 heterocycles. The molecule has 0 aromatic rings. The van der Waals surface area contributed by atoms with Gasteiger partial charge in [0.05, 0.1) is 18.8 Å². The van der Waals surface area contributed by atoms with Gasteiger partial charge >= 0.3 is 17.9 Å². The van der Waals surface area contributed by atoms with E-state index < -0.39 is 17.5 Å². The predicted octanol–water partition coefficient (Wildman–Crippen LogP) is 8.91. The summed E-state index contributed by atoms with van der Waals surface area (Å²) >= 11 is 0. The van der Waals surface area contributed by atoms with Crippen molar-refractivity contribution in [2.24, 2.45) is 40.4 Å². The lowest BCUT2D eigenvalue weighted by Gasteiger charge is -2.58. The molecule has 0 aromatic carbocycles. The summed E-state index contributed by atoms with van der Waals surface area (Å²) in [5.74, 6) is 0.608. The predicted molar refractivity (Wildman–Crippen MR) is 186 cm³/mol. The highest BCUT2D eigenvalue weighted by molar-refractivity contribution is 5.91. The van der Waals surface area contributed by atoms with Gasteiger partial charge < -0.3 is 19.3 Å². The largest absolute Gasteiger partial charge is 0.466 e. The SMILES string of the molecule is CC(=O)OCCC(C)CCC1C(C)=CCC2C(C)(C)CC(OC(=O)CC(=O)OCC3CCC(C(C)(O)CCC=C(C)C)CC3)CC12C. The van der Waals surface area contributed by atoms with E-state index >= 15 is 0 Å². The van der Waals surface area contributed by atoms with E-state index in [2.05, 4.69) is 60.6 Å². The molecule has 0 bridgehead atoms. The average molecular weight is 659 g/mol. The van der Waals surface area contributed by atoms with E-state index in [1.807, 2.05) is 6.92 Å². The molecule has 6 unspecified atom stereocenters. The van der Waals surface area contributed by atoms with Gasteiger partial charge in [-0.2, -0.15) is 0 Å². The zero-order valence-corrected chi connectivity index (χ0v) is 31.1. The minimum absolute atomic E-state index is 0.00994. The first-order chi connectivity index (χ1) is 21.9. The fourth-order valence-corrected chi connectivity index (χ4v) is 9.32. The lowest BCUT2D eigenvalue weighted by Crippen LogP contribution is -2.53. The number of rotatable bonds is 15. The van der Waals surface area contributed by atoms with E-state index in [0.717, 1.165) is 77.0 Å². The van der Waals surface area contributed by atoms with Crippen molar-refractivity contribution >= 4 is 17.9 Å². The second kappa shape index (κ2) is 17.0. The van der Waals surface area contributed by atoms with Gasteiger partial charge in [0.2, 0.25) is 0 Å². The second-order valence-corrected chi connectivity index (χ2v) is 16.9. The molecule has 6 atom stereocenters. The molecular weight excluding hydrogens is 592 g/mol. The summed E-state index contributed by atoms with van der Waals surface area (Å²) in [5.41, 5.74) is 1.99. The van der Waals surface area contributed by atoms with Crippen molar-refractivity contribution in [1.82, 2.24) is 0 Å². The summed E-state index contributed by atoms with van der Waals surface area (Å²) in [5, 5.41) is 11.0. The Balaban J connectivity index is 1.48. The standard InChI is InChI=1S/C40H66O7/c1-27(2)11-10-21-40(9,44)32-16-14-31(15-17-32)26-46-36(42)23-37(43)47-33-24-38(6,7)35-19-13-29(4)34(39(35,8)25-33)18-12-28(3)20-22-45-30(5)41/h11,13,28,31-35,44H,10,12,14-26H2,1-9H3. The van der Waals surface area contributed by atoms with Crippen molar-refractivity contribution < 1.29 is 33.7 Å². The highest BCUT2D eigenvalue weighted by Crippen LogP contribution is 2.61. The molecule has 3 rings (SSSR count). The Morgan fingerprint density at radius 2 is 1.70 bits per heavy atom. The van der Waals surface area contributed by atoms with Crippen LogP contribution in [0.4, 0.5) is 0 Å². The van der Waals surface area contributed by atoms with Crippen LogP contribution in [0.2, 0.25) is 0 Å². The Labute approximate surface area is 285 Å². The van der Waals surface area contributed by atoms with Crippen molar-refractivity contribution in [1.29, 1.82) is 0 Å². The van der Waals surface area contributed by atoms with Gasteiger partial charge in [0, 0.05) is 6.92 Å². The summed E-state index contributed by atoms with van der Waals surface area (Å²) in [6.45, 7) is 19.8. The normalized spacial score (nSPS) is 30.5. The van der Waals surface area contributed by atoms with Gasteiger partial charge in [-0.05, 0) is 145 Å². The summed E-state index contributed by atoms with van der Waals surface area (Å²) < 4.78 is 16.8. The van der Waals surface area contributed by atoms with Gasteiger partial charge in [-0.25, -0.2) is 0 Å². The molecule has 0 aliphatic heterocycles. The third kappa shape index (κ3) is 11.5. The van der Waals surface area contributed by atoms with Crippen molar-refractivity contribution in [3.8, 4) is 0 Å². The van der Waals surface area contributed by atoms with Crippen LogP contribution in [0.15, 0.2) is 23.3 Å². The van der Waals surface area contributed by atoms with Crippen LogP contribution in [0, 0.1) is 40.4 Å². The third-order valence-corrected chi connectivity index (χ3v) is 12.0. The fourth-order valence-electron chi connectivity index (χ4n) is 9.32. The van der Waals surface area contributed by atoms with E-state index in [1.165, 1.54) is 18.1 Å². The molecule has 0 spiro atoms. The van der Waals surface area contributed by atoms with E-state index in [-0.39, 0.29) is 41.2 Å². The zero-order chi connectivity index (χ0) is 35.0. The minimum atomic E-state index is -0.681. The molecule has 7 heteroatoms. The summed E-state index contributed by atoms with van der Waals surface area (Å²) in [7, 11) is 0. The highest BCUT2D eigenvalue weighted by atomic mass is 16.6. The number of aliphatic hydroxyl groups is 1. The lowest BCUT2D eigenvalue weighted by molar-refractivity contribution is -0.168. The first-order valence-corrected chi connectivity index (χ1v) is 18.4. The maximum absolute atomic E-state index is 13.0. The fraction of sp³-hybridized carbons (Fsp3) is 0.825. The van der Waals surface area contributed by atoms with E-state index in [9.17, 15) is 19.5 Å². The van der Waals surface area contributed by atoms with Gasteiger partial charge in [0.1, 0.15) is 12.5 Å². The Hall–Kier alpha value is -2.15.